The number of hydrogen-bond donors (Lipinski definition) is 0. The van der Waals surface area contributed by atoms with E-state index < -0.39 is 24.9 Å². The molecule has 0 aromatic rings. The van der Waals surface area contributed by atoms with Gasteiger partial charge in [-0.1, -0.05) is 55.4 Å². The molecular formula is C23H55NO2Si3. The van der Waals surface area contributed by atoms with Gasteiger partial charge in [-0.25, -0.2) is 0 Å². The van der Waals surface area contributed by atoms with E-state index in [1.807, 2.05) is 14.2 Å². The Balaban J connectivity index is 5.79. The van der Waals surface area contributed by atoms with Gasteiger partial charge in [0.25, 0.3) is 0 Å². The van der Waals surface area contributed by atoms with E-state index in [0.29, 0.717) is 11.1 Å². The molecule has 0 aromatic heterocycles. The van der Waals surface area contributed by atoms with E-state index in [4.69, 9.17) is 8.85 Å². The second-order valence-electron chi connectivity index (χ2n) is 11.3. The van der Waals surface area contributed by atoms with Crippen LogP contribution in [0.2, 0.25) is 53.9 Å². The minimum absolute atomic E-state index is 0.676. The van der Waals surface area contributed by atoms with Crippen LogP contribution in [0.1, 0.15) is 68.2 Å². The smallest absolute Gasteiger partial charge is 0.189 e. The first-order valence-corrected chi connectivity index (χ1v) is 20.1. The van der Waals surface area contributed by atoms with Gasteiger partial charge in [-0.3, -0.25) is 0 Å². The van der Waals surface area contributed by atoms with E-state index in [2.05, 4.69) is 86.1 Å². The van der Waals surface area contributed by atoms with E-state index in [1.165, 1.54) is 25.9 Å². The highest BCUT2D eigenvalue weighted by atomic mass is 28.4. The zero-order chi connectivity index (χ0) is 23.2. The molecular weight excluding hydrogens is 407 g/mol. The van der Waals surface area contributed by atoms with Crippen LogP contribution >= 0.6 is 0 Å². The fourth-order valence-corrected chi connectivity index (χ4v) is 15.1. The van der Waals surface area contributed by atoms with Gasteiger partial charge >= 0.3 is 0 Å². The van der Waals surface area contributed by atoms with Gasteiger partial charge in [-0.2, -0.15) is 0 Å². The van der Waals surface area contributed by atoms with Gasteiger partial charge in [0.1, 0.15) is 8.24 Å². The third-order valence-electron chi connectivity index (χ3n) is 8.41. The lowest BCUT2D eigenvalue weighted by atomic mass is 10.3. The summed E-state index contributed by atoms with van der Waals surface area (Å²) in [5.74, 6) is 0. The van der Waals surface area contributed by atoms with Crippen molar-refractivity contribution >= 4 is 24.9 Å². The molecule has 0 spiro atoms. The normalized spacial score (nSPS) is 16.3. The van der Waals surface area contributed by atoms with Gasteiger partial charge in [0.2, 0.25) is 0 Å². The third kappa shape index (κ3) is 7.28. The van der Waals surface area contributed by atoms with Crippen molar-refractivity contribution in [3.63, 3.8) is 0 Å². The summed E-state index contributed by atoms with van der Waals surface area (Å²) in [7, 11) is -1.01. The maximum absolute atomic E-state index is 5.94. The third-order valence-corrected chi connectivity index (χ3v) is 22.9. The van der Waals surface area contributed by atoms with Crippen molar-refractivity contribution in [2.75, 3.05) is 27.3 Å². The first-order valence-electron chi connectivity index (χ1n) is 12.0. The second-order valence-corrected chi connectivity index (χ2v) is 26.4. The average Bonchev–Trinajstić information content (AvgIpc) is 2.61. The van der Waals surface area contributed by atoms with E-state index in [9.17, 15) is 0 Å². The second kappa shape index (κ2) is 12.0. The molecule has 0 bridgehead atoms. The topological polar surface area (TPSA) is 21.7 Å². The molecule has 3 nitrogen and oxygen atoms in total. The Morgan fingerprint density at radius 2 is 0.862 bits per heavy atom. The van der Waals surface area contributed by atoms with Crippen LogP contribution < -0.4 is 0 Å². The minimum atomic E-state index is -1.65. The van der Waals surface area contributed by atoms with Gasteiger partial charge in [0, 0.05) is 14.2 Å². The molecule has 0 aliphatic rings. The summed E-state index contributed by atoms with van der Waals surface area (Å²) >= 11 is 0. The van der Waals surface area contributed by atoms with Crippen molar-refractivity contribution in [3.05, 3.63) is 0 Å². The van der Waals surface area contributed by atoms with E-state index >= 15 is 0 Å². The highest BCUT2D eigenvalue weighted by Crippen LogP contribution is 2.45. The summed E-state index contributed by atoms with van der Waals surface area (Å²) in [6, 6.07) is 0. The molecule has 2 unspecified atom stereocenters. The van der Waals surface area contributed by atoms with E-state index in [1.54, 1.807) is 0 Å². The van der Waals surface area contributed by atoms with Gasteiger partial charge in [0.15, 0.2) is 16.6 Å². The standard InChI is InChI=1S/C23H55NO2Si3/c1-19(2)29(20(3)4,21(5)6)24(17-15-22(7)27(11,12)25-9)18-16-23(8)28(13,14)26-10/h19-23H,15-18H2,1-14H3. The summed E-state index contributed by atoms with van der Waals surface area (Å²) in [4.78, 5) is 0. The van der Waals surface area contributed by atoms with Crippen LogP contribution in [0.25, 0.3) is 0 Å². The van der Waals surface area contributed by atoms with Crippen LogP contribution in [0, 0.1) is 0 Å². The number of nitrogens with zero attached hydrogens (tertiary/aromatic N) is 1. The molecule has 176 valence electrons. The maximum Gasteiger partial charge on any atom is 0.189 e. The van der Waals surface area contributed by atoms with Crippen LogP contribution in [-0.2, 0) is 8.85 Å². The lowest BCUT2D eigenvalue weighted by Gasteiger charge is -2.52. The van der Waals surface area contributed by atoms with Crippen molar-refractivity contribution in [3.8, 4) is 0 Å². The average molecular weight is 462 g/mol. The predicted octanol–water partition coefficient (Wildman–Crippen LogP) is 7.73. The van der Waals surface area contributed by atoms with Crippen LogP contribution in [-0.4, -0.2) is 56.7 Å². The number of rotatable bonds is 14. The van der Waals surface area contributed by atoms with Crippen LogP contribution in [0.4, 0.5) is 0 Å². The van der Waals surface area contributed by atoms with Crippen LogP contribution in [0.15, 0.2) is 0 Å². The van der Waals surface area contributed by atoms with Crippen LogP contribution in [0.3, 0.4) is 0 Å². The monoisotopic (exact) mass is 461 g/mol. The molecule has 6 heteroatoms. The largest absolute Gasteiger partial charge is 0.420 e. The quantitative estimate of drug-likeness (QED) is 0.247. The van der Waals surface area contributed by atoms with E-state index in [-0.39, 0.29) is 0 Å². The van der Waals surface area contributed by atoms with E-state index in [0.717, 1.165) is 16.6 Å². The fraction of sp³-hybridized carbons (Fsp3) is 1.00. The molecule has 0 heterocycles. The molecule has 0 fully saturated rings. The highest BCUT2D eigenvalue weighted by molar-refractivity contribution is 6.81. The Hall–Kier alpha value is 0.531. The minimum Gasteiger partial charge on any atom is -0.420 e. The molecule has 0 aliphatic heterocycles. The summed E-state index contributed by atoms with van der Waals surface area (Å²) in [5, 5.41) is 0. The van der Waals surface area contributed by atoms with Gasteiger partial charge in [-0.15, -0.1) is 0 Å². The Kier molecular flexibility index (Phi) is 12.2. The SMILES string of the molecule is CO[Si](C)(C)C(C)CCN(CCC(C)[Si](C)(C)OC)[Si](C(C)C)(C(C)C)C(C)C. The van der Waals surface area contributed by atoms with Gasteiger partial charge in [0.05, 0.1) is 0 Å². The zero-order valence-corrected chi connectivity index (χ0v) is 25.5. The first kappa shape index (κ1) is 29.5. The van der Waals surface area contributed by atoms with Crippen molar-refractivity contribution in [1.82, 2.24) is 4.57 Å². The molecule has 0 saturated heterocycles. The van der Waals surface area contributed by atoms with Crippen molar-refractivity contribution in [1.29, 1.82) is 0 Å². The Morgan fingerprint density at radius 1 is 0.586 bits per heavy atom. The summed E-state index contributed by atoms with van der Waals surface area (Å²) in [6.45, 7) is 31.7. The first-order chi connectivity index (χ1) is 13.1. The summed E-state index contributed by atoms with van der Waals surface area (Å²) in [6.07, 6.45) is 2.51. The zero-order valence-electron chi connectivity index (χ0n) is 22.5. The summed E-state index contributed by atoms with van der Waals surface area (Å²) in [5.41, 5.74) is 3.63. The van der Waals surface area contributed by atoms with Crippen molar-refractivity contribution in [2.45, 2.75) is 122 Å². The van der Waals surface area contributed by atoms with Gasteiger partial charge < -0.3 is 13.4 Å². The molecule has 0 aromatic carbocycles. The molecule has 0 amide bonds. The fourth-order valence-electron chi connectivity index (χ4n) is 5.39. The lowest BCUT2D eigenvalue weighted by molar-refractivity contribution is 0.342. The van der Waals surface area contributed by atoms with Crippen molar-refractivity contribution in [2.24, 2.45) is 0 Å². The molecule has 0 N–H and O–H groups in total. The Labute approximate surface area is 187 Å². The van der Waals surface area contributed by atoms with Gasteiger partial charge in [-0.05, 0) is 79.8 Å². The predicted molar refractivity (Wildman–Crippen MR) is 140 cm³/mol. The Morgan fingerprint density at radius 3 is 1.07 bits per heavy atom. The Bertz CT molecular complexity index is 419. The molecule has 29 heavy (non-hydrogen) atoms. The van der Waals surface area contributed by atoms with Crippen molar-refractivity contribution < 1.29 is 8.85 Å². The number of hydrogen-bond acceptors (Lipinski definition) is 3. The molecule has 0 radical (unpaired) electrons. The molecule has 0 aliphatic carbocycles. The highest BCUT2D eigenvalue weighted by Gasteiger charge is 2.48. The molecule has 0 saturated carbocycles. The molecule has 2 atom stereocenters. The lowest BCUT2D eigenvalue weighted by Crippen LogP contribution is -2.61. The van der Waals surface area contributed by atoms with Crippen LogP contribution in [0.5, 0.6) is 0 Å². The maximum atomic E-state index is 5.94. The summed E-state index contributed by atoms with van der Waals surface area (Å²) < 4.78 is 14.9. The molecule has 0 rings (SSSR count).